The third-order valence-electron chi connectivity index (χ3n) is 3.68. The van der Waals surface area contributed by atoms with Crippen LogP contribution in [0.25, 0.3) is 0 Å². The molecule has 1 amide bonds. The summed E-state index contributed by atoms with van der Waals surface area (Å²) in [4.78, 5) is 23.5. The van der Waals surface area contributed by atoms with Gasteiger partial charge < -0.3 is 20.1 Å². The number of rotatable bonds is 5. The first-order valence-electron chi connectivity index (χ1n) is 7.84. The number of carbonyl (C=O) groups is 2. The molecule has 1 aromatic rings. The maximum atomic E-state index is 12.4. The van der Waals surface area contributed by atoms with E-state index in [0.29, 0.717) is 19.6 Å². The van der Waals surface area contributed by atoms with Crippen LogP contribution in [0.1, 0.15) is 23.7 Å². The number of hydrogen-bond donors (Lipinski definition) is 2. The highest BCUT2D eigenvalue weighted by Crippen LogP contribution is 2.23. The zero-order valence-electron chi connectivity index (χ0n) is 13.6. The third-order valence-corrected chi connectivity index (χ3v) is 3.68. The minimum atomic E-state index is -5.14. The lowest BCUT2D eigenvalue weighted by atomic mass is 10.0. The quantitative estimate of drug-likeness (QED) is 0.617. The lowest BCUT2D eigenvalue weighted by Crippen LogP contribution is -2.54. The van der Waals surface area contributed by atoms with Crippen molar-refractivity contribution >= 4 is 11.9 Å². The van der Waals surface area contributed by atoms with E-state index < -0.39 is 23.8 Å². The first-order valence-corrected chi connectivity index (χ1v) is 7.84. The summed E-state index contributed by atoms with van der Waals surface area (Å²) in [6.45, 7) is 3.54. The lowest BCUT2D eigenvalue weighted by Gasteiger charge is -2.32. The van der Waals surface area contributed by atoms with Crippen LogP contribution < -0.4 is 15.4 Å². The molecule has 9 heteroatoms. The maximum absolute atomic E-state index is 12.4. The molecule has 1 aliphatic rings. The Balaban J connectivity index is 2.12. The van der Waals surface area contributed by atoms with Crippen molar-refractivity contribution in [3.63, 3.8) is 0 Å². The summed E-state index contributed by atoms with van der Waals surface area (Å²) in [6, 6.07) is 4.94. The first-order chi connectivity index (χ1) is 11.8. The predicted molar refractivity (Wildman–Crippen MR) is 82.3 cm³/mol. The second-order valence-electron chi connectivity index (χ2n) is 5.45. The fraction of sp³-hybridized carbons (Fsp3) is 0.500. The van der Waals surface area contributed by atoms with Crippen LogP contribution in [-0.2, 0) is 9.53 Å². The van der Waals surface area contributed by atoms with Crippen LogP contribution >= 0.6 is 0 Å². The molecule has 1 heterocycles. The zero-order valence-corrected chi connectivity index (χ0v) is 13.6. The minimum absolute atomic E-state index is 0.152. The maximum Gasteiger partial charge on any atom is 0.491 e. The van der Waals surface area contributed by atoms with Gasteiger partial charge in [-0.25, -0.2) is 4.79 Å². The Hall–Kier alpha value is -2.13. The number of esters is 1. The molecule has 6 nitrogen and oxygen atoms in total. The van der Waals surface area contributed by atoms with E-state index in [1.165, 1.54) is 18.2 Å². The number of piperidine rings is 1. The number of alkyl halides is 3. The Labute approximate surface area is 142 Å². The predicted octanol–water partition coefficient (Wildman–Crippen LogP) is 1.65. The fourth-order valence-corrected chi connectivity index (χ4v) is 2.54. The molecule has 25 heavy (non-hydrogen) atoms. The molecule has 0 bridgehead atoms. The summed E-state index contributed by atoms with van der Waals surface area (Å²) in [5.41, 5.74) is -0.152. The number of para-hydroxylation sites is 1. The smallest absolute Gasteiger partial charge is 0.419 e. The fourth-order valence-electron chi connectivity index (χ4n) is 2.54. The monoisotopic (exact) mass is 360 g/mol. The minimum Gasteiger partial charge on any atom is -0.419 e. The van der Waals surface area contributed by atoms with Gasteiger partial charge in [0, 0.05) is 13.2 Å². The molecule has 0 aliphatic carbocycles. The molecule has 0 saturated carbocycles. The lowest BCUT2D eigenvalue weighted by molar-refractivity contribution is -0.189. The summed E-state index contributed by atoms with van der Waals surface area (Å²) in [5.74, 6) is -3.46. The number of ether oxygens (including phenoxy) is 2. The van der Waals surface area contributed by atoms with Crippen LogP contribution in [0.3, 0.4) is 0 Å². The van der Waals surface area contributed by atoms with E-state index in [4.69, 9.17) is 4.74 Å². The molecular weight excluding hydrogens is 341 g/mol. The SMILES string of the molecule is CCOC1CCNCC1NC(=O)c1ccccc1OC(=O)C(F)(F)F. The van der Waals surface area contributed by atoms with Crippen LogP contribution in [0.2, 0.25) is 0 Å². The van der Waals surface area contributed by atoms with Crippen molar-refractivity contribution in [3.8, 4) is 5.75 Å². The molecule has 1 fully saturated rings. The number of benzene rings is 1. The van der Waals surface area contributed by atoms with Crippen molar-refractivity contribution in [2.75, 3.05) is 19.7 Å². The van der Waals surface area contributed by atoms with Gasteiger partial charge in [0.2, 0.25) is 0 Å². The van der Waals surface area contributed by atoms with Crippen molar-refractivity contribution in [1.29, 1.82) is 0 Å². The van der Waals surface area contributed by atoms with Gasteiger partial charge in [-0.2, -0.15) is 13.2 Å². The molecule has 1 aromatic carbocycles. The average molecular weight is 360 g/mol. The Kier molecular flexibility index (Phi) is 6.38. The molecule has 1 aliphatic heterocycles. The van der Waals surface area contributed by atoms with Gasteiger partial charge in [-0.3, -0.25) is 4.79 Å². The van der Waals surface area contributed by atoms with Gasteiger partial charge in [-0.1, -0.05) is 12.1 Å². The Morgan fingerprint density at radius 3 is 2.72 bits per heavy atom. The number of amides is 1. The van der Waals surface area contributed by atoms with Gasteiger partial charge in [-0.15, -0.1) is 0 Å². The van der Waals surface area contributed by atoms with Gasteiger partial charge in [0.1, 0.15) is 5.75 Å². The van der Waals surface area contributed by atoms with E-state index in [1.54, 1.807) is 0 Å². The van der Waals surface area contributed by atoms with Crippen molar-refractivity contribution in [1.82, 2.24) is 10.6 Å². The molecule has 0 spiro atoms. The van der Waals surface area contributed by atoms with Crippen molar-refractivity contribution in [2.45, 2.75) is 31.7 Å². The molecular formula is C16H19F3N2O4. The van der Waals surface area contributed by atoms with Gasteiger partial charge in [-0.05, 0) is 32.0 Å². The second-order valence-corrected chi connectivity index (χ2v) is 5.45. The van der Waals surface area contributed by atoms with Crippen LogP contribution in [-0.4, -0.2) is 49.9 Å². The van der Waals surface area contributed by atoms with E-state index >= 15 is 0 Å². The molecule has 2 atom stereocenters. The third kappa shape index (κ3) is 5.17. The summed E-state index contributed by atoms with van der Waals surface area (Å²) in [7, 11) is 0. The Morgan fingerprint density at radius 2 is 2.04 bits per heavy atom. The Bertz CT molecular complexity index is 620. The number of nitrogens with one attached hydrogen (secondary N) is 2. The van der Waals surface area contributed by atoms with E-state index in [9.17, 15) is 22.8 Å². The molecule has 1 saturated heterocycles. The van der Waals surface area contributed by atoms with Gasteiger partial charge in [0.05, 0.1) is 17.7 Å². The summed E-state index contributed by atoms with van der Waals surface area (Å²) in [6.07, 6.45) is -4.64. The van der Waals surface area contributed by atoms with Crippen molar-refractivity contribution in [3.05, 3.63) is 29.8 Å². The van der Waals surface area contributed by atoms with Gasteiger partial charge in [0.25, 0.3) is 5.91 Å². The summed E-state index contributed by atoms with van der Waals surface area (Å²) >= 11 is 0. The van der Waals surface area contributed by atoms with Crippen LogP contribution in [0.5, 0.6) is 5.75 Å². The first kappa shape index (κ1) is 19.2. The molecule has 0 aromatic heterocycles. The molecule has 138 valence electrons. The highest BCUT2D eigenvalue weighted by molar-refractivity contribution is 5.98. The van der Waals surface area contributed by atoms with Crippen LogP contribution in [0.15, 0.2) is 24.3 Å². The molecule has 0 radical (unpaired) electrons. The molecule has 2 unspecified atom stereocenters. The van der Waals surface area contributed by atoms with Gasteiger partial charge >= 0.3 is 12.1 Å². The number of hydrogen-bond acceptors (Lipinski definition) is 5. The van der Waals surface area contributed by atoms with Gasteiger partial charge in [0.15, 0.2) is 0 Å². The number of halogens is 3. The highest BCUT2D eigenvalue weighted by atomic mass is 19.4. The van der Waals surface area contributed by atoms with Crippen molar-refractivity contribution in [2.24, 2.45) is 0 Å². The van der Waals surface area contributed by atoms with E-state index in [1.807, 2.05) is 6.92 Å². The summed E-state index contributed by atoms with van der Waals surface area (Å²) < 4.78 is 47.0. The molecule has 2 N–H and O–H groups in total. The second kappa shape index (κ2) is 8.30. The van der Waals surface area contributed by atoms with Crippen LogP contribution in [0, 0.1) is 0 Å². The topological polar surface area (TPSA) is 76.7 Å². The van der Waals surface area contributed by atoms with Crippen LogP contribution in [0.4, 0.5) is 13.2 Å². The van der Waals surface area contributed by atoms with E-state index in [-0.39, 0.29) is 17.7 Å². The molecule has 2 rings (SSSR count). The van der Waals surface area contributed by atoms with E-state index in [2.05, 4.69) is 15.4 Å². The van der Waals surface area contributed by atoms with Crippen molar-refractivity contribution < 1.29 is 32.2 Å². The van der Waals surface area contributed by atoms with E-state index in [0.717, 1.165) is 12.6 Å². The Morgan fingerprint density at radius 1 is 1.32 bits per heavy atom. The normalized spacial score (nSPS) is 20.8. The largest absolute Gasteiger partial charge is 0.491 e. The summed E-state index contributed by atoms with van der Waals surface area (Å²) in [5, 5.41) is 5.84. The zero-order chi connectivity index (χ0) is 18.4. The standard InChI is InChI=1S/C16H19F3N2O4/c1-2-24-13-7-8-20-9-11(13)21-14(22)10-5-3-4-6-12(10)25-15(23)16(17,18)19/h3-6,11,13,20H,2,7-9H2,1H3,(H,21,22). The average Bonchev–Trinajstić information content (AvgIpc) is 2.56. The number of carbonyl (C=O) groups excluding carboxylic acids is 2. The highest BCUT2D eigenvalue weighted by Gasteiger charge is 2.42.